The first kappa shape index (κ1) is 13.2. The van der Waals surface area contributed by atoms with E-state index in [0.29, 0.717) is 13.0 Å². The van der Waals surface area contributed by atoms with E-state index in [-0.39, 0.29) is 5.88 Å². The molecule has 5 nitrogen and oxygen atoms in total. The molecule has 0 radical (unpaired) electrons. The molecule has 1 aliphatic heterocycles. The van der Waals surface area contributed by atoms with Gasteiger partial charge >= 0.3 is 5.69 Å². The minimum atomic E-state index is -1.98. The van der Waals surface area contributed by atoms with Gasteiger partial charge in [-0.25, -0.2) is 4.79 Å². The van der Waals surface area contributed by atoms with Crippen molar-refractivity contribution in [3.63, 3.8) is 0 Å². The minimum absolute atomic E-state index is 0.201. The van der Waals surface area contributed by atoms with Crippen LogP contribution in [0.2, 0.25) is 19.6 Å². The molecule has 0 bridgehead atoms. The normalized spacial score (nSPS) is 20.1. The van der Waals surface area contributed by atoms with E-state index in [4.69, 9.17) is 9.16 Å². The quantitative estimate of drug-likeness (QED) is 0.789. The number of hydrogen-bond donors (Lipinski definition) is 0. The summed E-state index contributed by atoms with van der Waals surface area (Å²) in [6.45, 7) is 6.30. The summed E-state index contributed by atoms with van der Waals surface area (Å²) in [5.41, 5.74) is -0.531. The molecule has 1 aromatic heterocycles. The van der Waals surface area contributed by atoms with Crippen molar-refractivity contribution >= 4 is 8.32 Å². The molecule has 0 amide bonds. The zero-order valence-electron chi connectivity index (χ0n) is 10.8. The maximum Gasteiger partial charge on any atom is 0.353 e. The van der Waals surface area contributed by atoms with Gasteiger partial charge in [-0.3, -0.25) is 4.57 Å². The van der Waals surface area contributed by atoms with Crippen molar-refractivity contribution in [3.8, 4) is 5.88 Å². The van der Waals surface area contributed by atoms with E-state index in [1.54, 1.807) is 0 Å². The second kappa shape index (κ2) is 4.81. The van der Waals surface area contributed by atoms with Crippen molar-refractivity contribution in [3.05, 3.63) is 22.5 Å². The van der Waals surface area contributed by atoms with Gasteiger partial charge in [0.15, 0.2) is 5.82 Å². The Kier molecular flexibility index (Phi) is 3.53. The Morgan fingerprint density at radius 2 is 2.28 bits per heavy atom. The lowest BCUT2D eigenvalue weighted by Crippen LogP contribution is -2.33. The molecule has 0 spiro atoms. The van der Waals surface area contributed by atoms with Crippen LogP contribution in [0.5, 0.6) is 5.88 Å². The fourth-order valence-electron chi connectivity index (χ4n) is 1.78. The van der Waals surface area contributed by atoms with Crippen molar-refractivity contribution in [1.82, 2.24) is 9.55 Å². The average Bonchev–Trinajstić information content (AvgIpc) is 2.74. The summed E-state index contributed by atoms with van der Waals surface area (Å²) in [6.07, 6.45) is 2.29. The molecule has 2 heterocycles. The Morgan fingerprint density at radius 3 is 2.83 bits per heavy atom. The Balaban J connectivity index is 2.31. The van der Waals surface area contributed by atoms with Crippen molar-refractivity contribution < 1.29 is 13.6 Å². The van der Waals surface area contributed by atoms with E-state index < -0.39 is 26.1 Å². The van der Waals surface area contributed by atoms with Crippen molar-refractivity contribution in [2.75, 3.05) is 6.61 Å². The SMILES string of the molecule is C[Si](C)(C)Oc1nc(=O)n([C@H]2CCCO2)cc1F. The summed E-state index contributed by atoms with van der Waals surface area (Å²) in [7, 11) is -1.98. The molecular formula is C11H17FN2O3Si. The third kappa shape index (κ3) is 2.97. The molecule has 0 N–H and O–H groups in total. The molecule has 1 aromatic rings. The predicted octanol–water partition coefficient (Wildman–Crippen LogP) is 1.91. The standard InChI is InChI=1S/C11H17FN2O3Si/c1-18(2,3)17-10-8(12)7-14(11(15)13-10)9-5-4-6-16-9/h7,9H,4-6H2,1-3H3/t9-/m1/s1. The van der Waals surface area contributed by atoms with Crippen molar-refractivity contribution in [1.29, 1.82) is 0 Å². The number of aromatic nitrogens is 2. The lowest BCUT2D eigenvalue weighted by Gasteiger charge is -2.19. The highest BCUT2D eigenvalue weighted by molar-refractivity contribution is 6.70. The van der Waals surface area contributed by atoms with Gasteiger partial charge in [-0.15, -0.1) is 0 Å². The summed E-state index contributed by atoms with van der Waals surface area (Å²) in [6, 6.07) is 0. The Morgan fingerprint density at radius 1 is 1.56 bits per heavy atom. The topological polar surface area (TPSA) is 53.3 Å². The minimum Gasteiger partial charge on any atom is -0.529 e. The van der Waals surface area contributed by atoms with Gasteiger partial charge in [0.05, 0.1) is 6.20 Å². The third-order valence-corrected chi connectivity index (χ3v) is 3.30. The van der Waals surface area contributed by atoms with Crippen LogP contribution in [0.25, 0.3) is 0 Å². The van der Waals surface area contributed by atoms with E-state index >= 15 is 0 Å². The Bertz CT molecular complexity index is 492. The molecule has 100 valence electrons. The molecule has 1 fully saturated rings. The Labute approximate surface area is 106 Å². The maximum absolute atomic E-state index is 13.8. The fraction of sp³-hybridized carbons (Fsp3) is 0.636. The smallest absolute Gasteiger partial charge is 0.353 e. The maximum atomic E-state index is 13.8. The fourth-order valence-corrected chi connectivity index (χ4v) is 2.50. The number of halogens is 1. The van der Waals surface area contributed by atoms with E-state index in [2.05, 4.69) is 4.98 Å². The van der Waals surface area contributed by atoms with Crippen LogP contribution in [0.4, 0.5) is 4.39 Å². The van der Waals surface area contributed by atoms with Gasteiger partial charge in [0.1, 0.15) is 6.23 Å². The predicted molar refractivity (Wildman–Crippen MR) is 66.7 cm³/mol. The molecule has 0 unspecified atom stereocenters. The highest BCUT2D eigenvalue weighted by Gasteiger charge is 2.24. The molecule has 7 heteroatoms. The summed E-state index contributed by atoms with van der Waals surface area (Å²) in [5.74, 6) is -0.819. The summed E-state index contributed by atoms with van der Waals surface area (Å²) in [5, 5.41) is 0. The molecule has 0 saturated carbocycles. The second-order valence-electron chi connectivity index (χ2n) is 5.27. The van der Waals surface area contributed by atoms with Crippen LogP contribution in [-0.4, -0.2) is 24.5 Å². The summed E-state index contributed by atoms with van der Waals surface area (Å²) < 4.78 is 25.8. The molecule has 1 aliphatic rings. The first-order valence-electron chi connectivity index (χ1n) is 5.96. The number of nitrogens with zero attached hydrogens (tertiary/aromatic N) is 2. The molecular weight excluding hydrogens is 255 g/mol. The van der Waals surface area contributed by atoms with Gasteiger partial charge in [0, 0.05) is 6.61 Å². The number of ether oxygens (including phenoxy) is 1. The second-order valence-corrected chi connectivity index (χ2v) is 9.69. The van der Waals surface area contributed by atoms with Crippen LogP contribution >= 0.6 is 0 Å². The van der Waals surface area contributed by atoms with Gasteiger partial charge in [-0.05, 0) is 32.5 Å². The van der Waals surface area contributed by atoms with Gasteiger partial charge in [-0.2, -0.15) is 9.37 Å². The van der Waals surface area contributed by atoms with Crippen LogP contribution < -0.4 is 10.1 Å². The molecule has 1 saturated heterocycles. The molecule has 0 aliphatic carbocycles. The number of hydrogen-bond acceptors (Lipinski definition) is 4. The highest BCUT2D eigenvalue weighted by Crippen LogP contribution is 2.23. The van der Waals surface area contributed by atoms with Crippen molar-refractivity contribution in [2.24, 2.45) is 0 Å². The van der Waals surface area contributed by atoms with Gasteiger partial charge in [0.2, 0.25) is 14.2 Å². The van der Waals surface area contributed by atoms with Gasteiger partial charge in [-0.1, -0.05) is 0 Å². The monoisotopic (exact) mass is 272 g/mol. The van der Waals surface area contributed by atoms with Crippen LogP contribution in [0.1, 0.15) is 19.1 Å². The zero-order valence-corrected chi connectivity index (χ0v) is 11.8. The Hall–Kier alpha value is -1.21. The van der Waals surface area contributed by atoms with Crippen molar-refractivity contribution in [2.45, 2.75) is 38.7 Å². The van der Waals surface area contributed by atoms with Crippen LogP contribution in [0.3, 0.4) is 0 Å². The van der Waals surface area contributed by atoms with Crippen LogP contribution in [0.15, 0.2) is 11.0 Å². The largest absolute Gasteiger partial charge is 0.529 e. The van der Waals surface area contributed by atoms with E-state index in [0.717, 1.165) is 12.6 Å². The number of rotatable bonds is 3. The van der Waals surface area contributed by atoms with E-state index in [1.165, 1.54) is 4.57 Å². The van der Waals surface area contributed by atoms with E-state index in [1.807, 2.05) is 19.6 Å². The van der Waals surface area contributed by atoms with Crippen LogP contribution in [0, 0.1) is 5.82 Å². The first-order valence-corrected chi connectivity index (χ1v) is 9.37. The van der Waals surface area contributed by atoms with Gasteiger partial charge in [0.25, 0.3) is 0 Å². The first-order chi connectivity index (χ1) is 8.37. The third-order valence-electron chi connectivity index (χ3n) is 2.49. The zero-order chi connectivity index (χ0) is 13.3. The molecule has 0 aromatic carbocycles. The summed E-state index contributed by atoms with van der Waals surface area (Å²) >= 11 is 0. The van der Waals surface area contributed by atoms with Gasteiger partial charge < -0.3 is 9.16 Å². The lowest BCUT2D eigenvalue weighted by atomic mass is 10.3. The average molecular weight is 272 g/mol. The molecule has 2 rings (SSSR count). The van der Waals surface area contributed by atoms with E-state index in [9.17, 15) is 9.18 Å². The molecule has 1 atom stereocenters. The lowest BCUT2D eigenvalue weighted by molar-refractivity contribution is 0.0516. The summed E-state index contributed by atoms with van der Waals surface area (Å²) in [4.78, 5) is 15.5. The van der Waals surface area contributed by atoms with Crippen LogP contribution in [-0.2, 0) is 4.74 Å². The highest BCUT2D eigenvalue weighted by atomic mass is 28.4. The molecule has 18 heavy (non-hydrogen) atoms.